The number of halogens is 1. The Morgan fingerprint density at radius 2 is 1.81 bits per heavy atom. The van der Waals surface area contributed by atoms with Gasteiger partial charge < -0.3 is 9.84 Å². The van der Waals surface area contributed by atoms with E-state index in [0.717, 1.165) is 25.7 Å². The van der Waals surface area contributed by atoms with Crippen molar-refractivity contribution in [3.05, 3.63) is 29.6 Å². The smallest absolute Gasteiger partial charge is 0.165 e. The quantitative estimate of drug-likeness (QED) is 0.874. The van der Waals surface area contributed by atoms with Crippen LogP contribution in [0.2, 0.25) is 0 Å². The summed E-state index contributed by atoms with van der Waals surface area (Å²) < 4.78 is 18.7. The number of rotatable bonds is 3. The molecule has 21 heavy (non-hydrogen) atoms. The summed E-state index contributed by atoms with van der Waals surface area (Å²) in [5.41, 5.74) is 0.995. The number of methoxy groups -OCH3 is 1. The summed E-state index contributed by atoms with van der Waals surface area (Å²) >= 11 is 0. The van der Waals surface area contributed by atoms with Crippen molar-refractivity contribution >= 4 is 0 Å². The lowest BCUT2D eigenvalue weighted by atomic mass is 9.68. The fourth-order valence-electron chi connectivity index (χ4n) is 3.44. The Balaban J connectivity index is 2.02. The summed E-state index contributed by atoms with van der Waals surface area (Å²) in [6.07, 6.45) is 3.73. The lowest BCUT2D eigenvalue weighted by Crippen LogP contribution is -2.28. The van der Waals surface area contributed by atoms with E-state index in [0.29, 0.717) is 16.9 Å². The molecule has 0 amide bonds. The fourth-order valence-corrected chi connectivity index (χ4v) is 3.44. The summed E-state index contributed by atoms with van der Waals surface area (Å²) in [4.78, 5) is 0. The molecule has 1 N–H and O–H groups in total. The third-order valence-electron chi connectivity index (χ3n) is 4.96. The van der Waals surface area contributed by atoms with Crippen LogP contribution < -0.4 is 4.74 Å². The average molecular weight is 294 g/mol. The van der Waals surface area contributed by atoms with Gasteiger partial charge in [0.2, 0.25) is 0 Å². The average Bonchev–Trinajstić information content (AvgIpc) is 2.45. The third kappa shape index (κ3) is 3.76. The molecule has 1 fully saturated rings. The van der Waals surface area contributed by atoms with Gasteiger partial charge >= 0.3 is 0 Å². The van der Waals surface area contributed by atoms with Gasteiger partial charge in [0.25, 0.3) is 0 Å². The van der Waals surface area contributed by atoms with Gasteiger partial charge in [0.05, 0.1) is 13.2 Å². The number of hydrogen-bond donors (Lipinski definition) is 1. The molecule has 118 valence electrons. The molecule has 0 saturated heterocycles. The van der Waals surface area contributed by atoms with E-state index in [1.165, 1.54) is 13.2 Å². The zero-order chi connectivity index (χ0) is 15.6. The van der Waals surface area contributed by atoms with E-state index in [9.17, 15) is 9.50 Å². The Hall–Kier alpha value is -1.09. The van der Waals surface area contributed by atoms with Crippen LogP contribution >= 0.6 is 0 Å². The highest BCUT2D eigenvalue weighted by molar-refractivity contribution is 5.30. The van der Waals surface area contributed by atoms with E-state index in [1.807, 2.05) is 0 Å². The van der Waals surface area contributed by atoms with Crippen LogP contribution in [0.25, 0.3) is 0 Å². The number of hydrogen-bond acceptors (Lipinski definition) is 2. The second-order valence-corrected chi connectivity index (χ2v) is 7.32. The van der Waals surface area contributed by atoms with Crippen molar-refractivity contribution in [2.45, 2.75) is 52.6 Å². The molecule has 1 unspecified atom stereocenters. The van der Waals surface area contributed by atoms with Crippen molar-refractivity contribution in [1.82, 2.24) is 0 Å². The first kappa shape index (κ1) is 16.3. The number of benzene rings is 1. The number of ether oxygens (including phenoxy) is 1. The minimum absolute atomic E-state index is 0.224. The maximum Gasteiger partial charge on any atom is 0.165 e. The van der Waals surface area contributed by atoms with Crippen LogP contribution in [0.15, 0.2) is 18.2 Å². The Morgan fingerprint density at radius 3 is 2.29 bits per heavy atom. The first-order valence-corrected chi connectivity index (χ1v) is 7.84. The summed E-state index contributed by atoms with van der Waals surface area (Å²) in [5, 5.41) is 10.5. The largest absolute Gasteiger partial charge is 0.494 e. The Kier molecular flexibility index (Phi) is 4.92. The maximum atomic E-state index is 13.8. The second-order valence-electron chi connectivity index (χ2n) is 7.32. The number of aliphatic hydroxyl groups excluding tert-OH is 1. The minimum Gasteiger partial charge on any atom is -0.494 e. The van der Waals surface area contributed by atoms with Crippen molar-refractivity contribution in [3.63, 3.8) is 0 Å². The van der Waals surface area contributed by atoms with E-state index in [1.54, 1.807) is 12.1 Å². The normalized spacial score (nSPS) is 24.7. The molecule has 3 heteroatoms. The molecular formula is C18H27FO2. The summed E-state index contributed by atoms with van der Waals surface area (Å²) in [6.45, 7) is 6.85. The first-order valence-electron chi connectivity index (χ1n) is 7.84. The van der Waals surface area contributed by atoms with E-state index >= 15 is 0 Å². The summed E-state index contributed by atoms with van der Waals surface area (Å²) in [7, 11) is 1.45. The van der Waals surface area contributed by atoms with E-state index in [-0.39, 0.29) is 11.7 Å². The van der Waals surface area contributed by atoms with Gasteiger partial charge in [-0.25, -0.2) is 4.39 Å². The predicted molar refractivity (Wildman–Crippen MR) is 82.8 cm³/mol. The zero-order valence-electron chi connectivity index (χ0n) is 13.5. The molecular weight excluding hydrogens is 267 g/mol. The molecule has 0 spiro atoms. The minimum atomic E-state index is -0.577. The lowest BCUT2D eigenvalue weighted by molar-refractivity contribution is 0.0526. The number of aliphatic hydroxyl groups is 1. The zero-order valence-corrected chi connectivity index (χ0v) is 13.5. The molecule has 1 saturated carbocycles. The van der Waals surface area contributed by atoms with Crippen molar-refractivity contribution in [2.24, 2.45) is 17.3 Å². The van der Waals surface area contributed by atoms with Gasteiger partial charge in [0, 0.05) is 0 Å². The van der Waals surface area contributed by atoms with Gasteiger partial charge in [-0.05, 0) is 60.6 Å². The summed E-state index contributed by atoms with van der Waals surface area (Å²) in [5.74, 6) is 0.768. The molecule has 0 aliphatic heterocycles. The van der Waals surface area contributed by atoms with Crippen LogP contribution in [-0.4, -0.2) is 12.2 Å². The van der Waals surface area contributed by atoms with Crippen molar-refractivity contribution in [2.75, 3.05) is 7.11 Å². The van der Waals surface area contributed by atoms with Gasteiger partial charge in [-0.15, -0.1) is 0 Å². The molecule has 1 aliphatic carbocycles. The molecule has 1 aromatic carbocycles. The van der Waals surface area contributed by atoms with Gasteiger partial charge in [-0.2, -0.15) is 0 Å². The van der Waals surface area contributed by atoms with Crippen LogP contribution in [0.3, 0.4) is 0 Å². The highest BCUT2D eigenvalue weighted by Gasteiger charge is 2.32. The van der Waals surface area contributed by atoms with Gasteiger partial charge in [0.1, 0.15) is 0 Å². The highest BCUT2D eigenvalue weighted by Crippen LogP contribution is 2.43. The Labute approximate surface area is 127 Å². The van der Waals surface area contributed by atoms with Gasteiger partial charge in [-0.1, -0.05) is 26.8 Å². The molecule has 1 aliphatic rings. The maximum absolute atomic E-state index is 13.8. The van der Waals surface area contributed by atoms with Crippen LogP contribution in [0.1, 0.15) is 58.1 Å². The molecule has 0 bridgehead atoms. The van der Waals surface area contributed by atoms with Crippen LogP contribution in [0.4, 0.5) is 4.39 Å². The highest BCUT2D eigenvalue weighted by atomic mass is 19.1. The molecule has 2 nitrogen and oxygen atoms in total. The van der Waals surface area contributed by atoms with Crippen LogP contribution in [0.5, 0.6) is 5.75 Å². The van der Waals surface area contributed by atoms with Crippen molar-refractivity contribution < 1.29 is 14.2 Å². The van der Waals surface area contributed by atoms with Crippen LogP contribution in [-0.2, 0) is 0 Å². The van der Waals surface area contributed by atoms with E-state index in [4.69, 9.17) is 4.74 Å². The lowest BCUT2D eigenvalue weighted by Gasteiger charge is -2.38. The second kappa shape index (κ2) is 6.35. The molecule has 1 atom stereocenters. The predicted octanol–water partition coefficient (Wildman–Crippen LogP) is 4.72. The molecule has 0 aromatic heterocycles. The van der Waals surface area contributed by atoms with Crippen molar-refractivity contribution in [1.29, 1.82) is 0 Å². The Morgan fingerprint density at radius 1 is 1.19 bits per heavy atom. The van der Waals surface area contributed by atoms with Crippen molar-refractivity contribution in [3.8, 4) is 5.75 Å². The van der Waals surface area contributed by atoms with E-state index in [2.05, 4.69) is 20.8 Å². The topological polar surface area (TPSA) is 29.5 Å². The van der Waals surface area contributed by atoms with E-state index < -0.39 is 11.9 Å². The molecule has 0 radical (unpaired) electrons. The first-order chi connectivity index (χ1) is 9.82. The van der Waals surface area contributed by atoms with Crippen LogP contribution in [0, 0.1) is 23.1 Å². The standard InChI is InChI=1S/C18H27FO2/c1-18(2,3)14-8-5-12(6-9-14)17(20)13-7-10-16(21-4)15(19)11-13/h7,10-12,14,17,20H,5-6,8-9H2,1-4H3. The van der Waals surface area contributed by atoms with Gasteiger partial charge in [-0.3, -0.25) is 0 Å². The molecule has 0 heterocycles. The fraction of sp³-hybridized carbons (Fsp3) is 0.667. The summed E-state index contributed by atoms with van der Waals surface area (Å²) in [6, 6.07) is 4.76. The Bertz CT molecular complexity index is 471. The molecule has 2 rings (SSSR count). The third-order valence-corrected chi connectivity index (χ3v) is 4.96. The monoisotopic (exact) mass is 294 g/mol. The SMILES string of the molecule is COc1ccc(C(O)C2CCC(C(C)(C)C)CC2)cc1F. The molecule has 1 aromatic rings. The van der Waals surface area contributed by atoms with Gasteiger partial charge in [0.15, 0.2) is 11.6 Å².